The van der Waals surface area contributed by atoms with E-state index in [0.29, 0.717) is 15.6 Å². The molecule has 0 amide bonds. The first-order valence-corrected chi connectivity index (χ1v) is 8.90. The van der Waals surface area contributed by atoms with Gasteiger partial charge in [0.2, 0.25) is 0 Å². The maximum absolute atomic E-state index is 12.3. The zero-order valence-electron chi connectivity index (χ0n) is 14.4. The molecule has 0 spiro atoms. The smallest absolute Gasteiger partial charge is 0.343 e. The highest BCUT2D eigenvalue weighted by atomic mass is 35.5. The summed E-state index contributed by atoms with van der Waals surface area (Å²) in [5, 5.41) is 10.1. The monoisotopic (exact) mass is 417 g/mol. The minimum absolute atomic E-state index is 0.0731. The van der Waals surface area contributed by atoms with Crippen molar-refractivity contribution in [3.8, 4) is 6.07 Å². The van der Waals surface area contributed by atoms with Crippen LogP contribution in [0.3, 0.4) is 0 Å². The van der Waals surface area contributed by atoms with Crippen LogP contribution in [0.1, 0.15) is 27.1 Å². The molecule has 0 fully saturated rings. The van der Waals surface area contributed by atoms with E-state index >= 15 is 0 Å². The third kappa shape index (κ3) is 4.83. The van der Waals surface area contributed by atoms with Crippen LogP contribution in [0.5, 0.6) is 0 Å². The number of ether oxygens (including phenoxy) is 3. The lowest BCUT2D eigenvalue weighted by Gasteiger charge is -2.09. The van der Waals surface area contributed by atoms with E-state index in [1.54, 1.807) is 24.3 Å². The maximum atomic E-state index is 12.3. The number of benzene rings is 2. The van der Waals surface area contributed by atoms with Crippen molar-refractivity contribution in [2.24, 2.45) is 0 Å². The average molecular weight is 418 g/mol. The molecule has 0 unspecified atom stereocenters. The van der Waals surface area contributed by atoms with Gasteiger partial charge in [-0.2, -0.15) is 5.26 Å². The fraction of sp³-hybridized carbons (Fsp3) is 0.150. The summed E-state index contributed by atoms with van der Waals surface area (Å²) in [6.07, 6.45) is -0.749. The molecule has 0 aliphatic carbocycles. The molecule has 1 atom stereocenters. The molecule has 0 bridgehead atoms. The maximum Gasteiger partial charge on any atom is 0.343 e. The number of halogens is 2. The summed E-state index contributed by atoms with van der Waals surface area (Å²) in [5.74, 6) is -0.960. The Labute approximate surface area is 170 Å². The second kappa shape index (κ2) is 8.79. The average Bonchev–Trinajstić information content (AvgIpc) is 3.09. The van der Waals surface area contributed by atoms with E-state index in [0.717, 1.165) is 0 Å². The van der Waals surface area contributed by atoms with E-state index in [2.05, 4.69) is 0 Å². The molecule has 142 valence electrons. The minimum Gasteiger partial charge on any atom is -0.472 e. The Bertz CT molecular complexity index is 962. The third-order valence-electron chi connectivity index (χ3n) is 3.82. The number of carbonyl (C=O) groups is 2. The summed E-state index contributed by atoms with van der Waals surface area (Å²) in [5.41, 5.74) is 0.592. The van der Waals surface area contributed by atoms with Gasteiger partial charge in [0.15, 0.2) is 24.2 Å². The molecule has 0 radical (unpaired) electrons. The van der Waals surface area contributed by atoms with Crippen LogP contribution in [-0.2, 0) is 14.2 Å². The van der Waals surface area contributed by atoms with Gasteiger partial charge in [-0.3, -0.25) is 0 Å². The number of hydrogen-bond acceptors (Lipinski definition) is 6. The first kappa shape index (κ1) is 19.7. The number of nitriles is 1. The Morgan fingerprint density at radius 1 is 1.00 bits per heavy atom. The largest absolute Gasteiger partial charge is 0.472 e. The second-order valence-corrected chi connectivity index (χ2v) is 6.64. The van der Waals surface area contributed by atoms with E-state index in [9.17, 15) is 9.59 Å². The zero-order chi connectivity index (χ0) is 20.1. The van der Waals surface area contributed by atoms with Crippen molar-refractivity contribution in [3.63, 3.8) is 0 Å². The number of hydrogen-bond donors (Lipinski definition) is 0. The van der Waals surface area contributed by atoms with E-state index in [4.69, 9.17) is 42.7 Å². The van der Waals surface area contributed by atoms with Crippen LogP contribution >= 0.6 is 23.2 Å². The Morgan fingerprint density at radius 2 is 1.54 bits per heavy atom. The standard InChI is InChI=1S/C20H13Cl2NO5/c21-14-5-1-12(2-6-14)19(24)26-11-18-17(9-16(10-23)27-18)28-20(25)13-3-7-15(22)8-4-13/h1-8,16H,9,11H2/t16-/m1/s1. The molecule has 0 N–H and O–H groups in total. The summed E-state index contributed by atoms with van der Waals surface area (Å²) < 4.78 is 15.9. The van der Waals surface area contributed by atoms with Gasteiger partial charge in [-0.15, -0.1) is 0 Å². The van der Waals surface area contributed by atoms with Gasteiger partial charge in [-0.1, -0.05) is 23.2 Å². The summed E-state index contributed by atoms with van der Waals surface area (Å²) >= 11 is 11.6. The highest BCUT2D eigenvalue weighted by Gasteiger charge is 2.30. The quantitative estimate of drug-likeness (QED) is 0.664. The predicted octanol–water partition coefficient (Wildman–Crippen LogP) is 4.53. The molecule has 8 heteroatoms. The van der Waals surface area contributed by atoms with Crippen LogP contribution in [0.4, 0.5) is 0 Å². The van der Waals surface area contributed by atoms with Gasteiger partial charge in [-0.25, -0.2) is 9.59 Å². The lowest BCUT2D eigenvalue weighted by atomic mass is 10.2. The van der Waals surface area contributed by atoms with Gasteiger partial charge in [0.25, 0.3) is 0 Å². The van der Waals surface area contributed by atoms with Gasteiger partial charge < -0.3 is 14.2 Å². The number of nitrogens with zero attached hydrogens (tertiary/aromatic N) is 1. The summed E-state index contributed by atoms with van der Waals surface area (Å²) in [4.78, 5) is 24.4. The SMILES string of the molecule is N#C[C@H]1CC(OC(=O)c2ccc(Cl)cc2)=C(COC(=O)c2ccc(Cl)cc2)O1. The fourth-order valence-corrected chi connectivity index (χ4v) is 2.66. The van der Waals surface area contributed by atoms with E-state index in [1.165, 1.54) is 24.3 Å². The Morgan fingerprint density at radius 3 is 2.07 bits per heavy atom. The number of carbonyl (C=O) groups excluding carboxylic acids is 2. The molecule has 1 heterocycles. The molecule has 2 aromatic carbocycles. The normalized spacial score (nSPS) is 15.5. The van der Waals surface area contributed by atoms with Crippen LogP contribution in [0.2, 0.25) is 10.0 Å². The lowest BCUT2D eigenvalue weighted by Crippen LogP contribution is -2.11. The molecule has 2 aromatic rings. The molecular formula is C20H13Cl2NO5. The number of rotatable bonds is 5. The van der Waals surface area contributed by atoms with Crippen LogP contribution in [0.25, 0.3) is 0 Å². The van der Waals surface area contributed by atoms with E-state index < -0.39 is 18.0 Å². The topological polar surface area (TPSA) is 85.6 Å². The molecule has 0 aromatic heterocycles. The minimum atomic E-state index is -0.822. The first-order chi connectivity index (χ1) is 13.5. The van der Waals surface area contributed by atoms with Gasteiger partial charge in [-0.05, 0) is 48.5 Å². The summed E-state index contributed by atoms with van der Waals surface area (Å²) in [6.45, 7) is -0.275. The van der Waals surface area contributed by atoms with Gasteiger partial charge >= 0.3 is 11.9 Å². The predicted molar refractivity (Wildman–Crippen MR) is 101 cm³/mol. The molecule has 1 aliphatic heterocycles. The highest BCUT2D eigenvalue weighted by molar-refractivity contribution is 6.31. The van der Waals surface area contributed by atoms with Crippen molar-refractivity contribution in [1.29, 1.82) is 5.26 Å². The molecule has 0 saturated heterocycles. The molecule has 1 aliphatic rings. The van der Waals surface area contributed by atoms with Crippen LogP contribution in [0.15, 0.2) is 60.0 Å². The van der Waals surface area contributed by atoms with Crippen LogP contribution in [0, 0.1) is 11.3 Å². The Kier molecular flexibility index (Phi) is 6.19. The molecule has 0 saturated carbocycles. The van der Waals surface area contributed by atoms with Gasteiger partial charge in [0, 0.05) is 10.0 Å². The van der Waals surface area contributed by atoms with Crippen molar-refractivity contribution < 1.29 is 23.8 Å². The van der Waals surface area contributed by atoms with E-state index in [-0.39, 0.29) is 30.1 Å². The fourth-order valence-electron chi connectivity index (χ4n) is 2.40. The number of esters is 2. The van der Waals surface area contributed by atoms with E-state index in [1.807, 2.05) is 6.07 Å². The van der Waals surface area contributed by atoms with Crippen molar-refractivity contribution in [3.05, 3.63) is 81.2 Å². The molecular weight excluding hydrogens is 405 g/mol. The summed E-state index contributed by atoms with van der Waals surface area (Å²) in [7, 11) is 0. The van der Waals surface area contributed by atoms with Crippen molar-refractivity contribution in [2.45, 2.75) is 12.5 Å². The van der Waals surface area contributed by atoms with Crippen molar-refractivity contribution in [2.75, 3.05) is 6.61 Å². The van der Waals surface area contributed by atoms with Gasteiger partial charge in [0.1, 0.15) is 6.07 Å². The zero-order valence-corrected chi connectivity index (χ0v) is 15.9. The molecule has 28 heavy (non-hydrogen) atoms. The van der Waals surface area contributed by atoms with Gasteiger partial charge in [0.05, 0.1) is 17.5 Å². The highest BCUT2D eigenvalue weighted by Crippen LogP contribution is 2.27. The van der Waals surface area contributed by atoms with Crippen LogP contribution < -0.4 is 0 Å². The van der Waals surface area contributed by atoms with Crippen molar-refractivity contribution in [1.82, 2.24) is 0 Å². The first-order valence-electron chi connectivity index (χ1n) is 8.15. The summed E-state index contributed by atoms with van der Waals surface area (Å²) in [6, 6.07) is 14.3. The molecule has 6 nitrogen and oxygen atoms in total. The molecule has 3 rings (SSSR count). The second-order valence-electron chi connectivity index (χ2n) is 5.77. The Balaban J connectivity index is 1.69. The Hall–Kier alpha value is -3.01. The van der Waals surface area contributed by atoms with Crippen LogP contribution in [-0.4, -0.2) is 24.6 Å². The van der Waals surface area contributed by atoms with Crippen molar-refractivity contribution >= 4 is 35.1 Å². The third-order valence-corrected chi connectivity index (χ3v) is 4.32. The lowest BCUT2D eigenvalue weighted by molar-refractivity contribution is 0.0449.